The van der Waals surface area contributed by atoms with Crippen molar-refractivity contribution in [1.82, 2.24) is 0 Å². The summed E-state index contributed by atoms with van der Waals surface area (Å²) in [5, 5.41) is 0. The maximum absolute atomic E-state index is 12.3. The average Bonchev–Trinajstić information content (AvgIpc) is 2.50. The molecule has 1 unspecified atom stereocenters. The van der Waals surface area contributed by atoms with Crippen LogP contribution in [0, 0.1) is 0 Å². The van der Waals surface area contributed by atoms with Crippen LogP contribution < -0.4 is 4.74 Å². The molecule has 7 heteroatoms. The zero-order valence-electron chi connectivity index (χ0n) is 12.2. The third-order valence-electron chi connectivity index (χ3n) is 3.26. The zero-order chi connectivity index (χ0) is 17.7. The molecule has 0 heterocycles. The Morgan fingerprint density at radius 3 is 2.00 bits per heavy atom. The summed E-state index contributed by atoms with van der Waals surface area (Å²) >= 11 is 3.29. The number of ketones is 1. The van der Waals surface area contributed by atoms with E-state index in [1.54, 1.807) is 24.3 Å². The Bertz CT molecular complexity index is 709. The summed E-state index contributed by atoms with van der Waals surface area (Å²) in [6.45, 7) is 0. The highest BCUT2D eigenvalue weighted by Crippen LogP contribution is 2.30. The SMILES string of the molecule is O=CCC(=O)C(c1ccc(Br)cc1)c1ccc(OC(F)(F)F)cc1. The zero-order valence-corrected chi connectivity index (χ0v) is 13.8. The lowest BCUT2D eigenvalue weighted by atomic mass is 9.86. The Hall–Kier alpha value is -2.15. The van der Waals surface area contributed by atoms with Crippen LogP contribution in [-0.4, -0.2) is 18.4 Å². The number of carbonyl (C=O) groups is 2. The molecule has 0 aromatic heterocycles. The Kier molecular flexibility index (Phi) is 5.77. The van der Waals surface area contributed by atoms with Crippen molar-refractivity contribution in [2.75, 3.05) is 0 Å². The number of hydrogen-bond donors (Lipinski definition) is 0. The topological polar surface area (TPSA) is 43.4 Å². The quantitative estimate of drug-likeness (QED) is 0.524. The minimum atomic E-state index is -4.78. The van der Waals surface area contributed by atoms with E-state index < -0.39 is 12.3 Å². The molecule has 0 radical (unpaired) electrons. The molecule has 0 bridgehead atoms. The largest absolute Gasteiger partial charge is 0.573 e. The van der Waals surface area contributed by atoms with Crippen molar-refractivity contribution in [3.05, 3.63) is 64.1 Å². The van der Waals surface area contributed by atoms with Gasteiger partial charge in [-0.1, -0.05) is 40.2 Å². The molecular weight excluding hydrogens is 389 g/mol. The minimum absolute atomic E-state index is 0.276. The van der Waals surface area contributed by atoms with E-state index in [0.717, 1.165) is 16.6 Å². The smallest absolute Gasteiger partial charge is 0.406 e. The molecule has 24 heavy (non-hydrogen) atoms. The number of rotatable bonds is 6. The number of ether oxygens (including phenoxy) is 1. The van der Waals surface area contributed by atoms with Crippen LogP contribution in [0.25, 0.3) is 0 Å². The first kappa shape index (κ1) is 18.2. The van der Waals surface area contributed by atoms with Crippen molar-refractivity contribution in [3.63, 3.8) is 0 Å². The Morgan fingerprint density at radius 2 is 1.54 bits per heavy atom. The molecule has 0 aliphatic carbocycles. The van der Waals surface area contributed by atoms with Gasteiger partial charge in [0.25, 0.3) is 0 Å². The van der Waals surface area contributed by atoms with Gasteiger partial charge in [0, 0.05) is 4.47 Å². The first-order valence-electron chi connectivity index (χ1n) is 6.87. The predicted octanol–water partition coefficient (Wildman–Crippen LogP) is 4.64. The molecule has 0 amide bonds. The Balaban J connectivity index is 2.35. The first-order chi connectivity index (χ1) is 11.3. The maximum atomic E-state index is 12.3. The molecule has 0 spiro atoms. The van der Waals surface area contributed by atoms with E-state index in [-0.39, 0.29) is 18.0 Å². The molecule has 126 valence electrons. The molecule has 0 saturated heterocycles. The van der Waals surface area contributed by atoms with E-state index in [0.29, 0.717) is 17.4 Å². The standard InChI is InChI=1S/C17H12BrF3O3/c18-13-5-1-11(2-6-13)16(15(23)9-10-22)12-3-7-14(8-4-12)24-17(19,20)21/h1-8,10,16H,9H2. The molecule has 0 fully saturated rings. The number of hydrogen-bond acceptors (Lipinski definition) is 3. The van der Waals surface area contributed by atoms with Gasteiger partial charge >= 0.3 is 6.36 Å². The number of aldehydes is 1. The third kappa shape index (κ3) is 4.92. The van der Waals surface area contributed by atoms with Crippen molar-refractivity contribution < 1.29 is 27.5 Å². The molecule has 2 aromatic carbocycles. The summed E-state index contributed by atoms with van der Waals surface area (Å²) in [6, 6.07) is 12.0. The highest BCUT2D eigenvalue weighted by Gasteiger charge is 2.31. The van der Waals surface area contributed by atoms with Gasteiger partial charge in [-0.2, -0.15) is 0 Å². The van der Waals surface area contributed by atoms with Gasteiger partial charge in [-0.3, -0.25) is 4.79 Å². The van der Waals surface area contributed by atoms with Crippen LogP contribution in [0.5, 0.6) is 5.75 Å². The van der Waals surface area contributed by atoms with Gasteiger partial charge in [0.15, 0.2) is 5.78 Å². The Morgan fingerprint density at radius 1 is 1.04 bits per heavy atom. The second-order valence-electron chi connectivity index (χ2n) is 4.94. The number of Topliss-reactive ketones (excluding diaryl/α,β-unsaturated/α-hetero) is 1. The van der Waals surface area contributed by atoms with Crippen LogP contribution in [-0.2, 0) is 9.59 Å². The van der Waals surface area contributed by atoms with Crippen LogP contribution in [0.2, 0.25) is 0 Å². The Labute approximate surface area is 144 Å². The second kappa shape index (κ2) is 7.61. The van der Waals surface area contributed by atoms with Crippen LogP contribution in [0.1, 0.15) is 23.5 Å². The maximum Gasteiger partial charge on any atom is 0.573 e. The van der Waals surface area contributed by atoms with Crippen LogP contribution in [0.3, 0.4) is 0 Å². The van der Waals surface area contributed by atoms with E-state index in [4.69, 9.17) is 0 Å². The molecule has 0 aliphatic heterocycles. The molecule has 3 nitrogen and oxygen atoms in total. The van der Waals surface area contributed by atoms with E-state index in [2.05, 4.69) is 20.7 Å². The van der Waals surface area contributed by atoms with Gasteiger partial charge < -0.3 is 9.53 Å². The van der Waals surface area contributed by atoms with Gasteiger partial charge in [0.05, 0.1) is 12.3 Å². The normalized spacial score (nSPS) is 12.5. The fourth-order valence-corrected chi connectivity index (χ4v) is 2.55. The summed E-state index contributed by atoms with van der Waals surface area (Å²) in [7, 11) is 0. The van der Waals surface area contributed by atoms with Crippen LogP contribution in [0.15, 0.2) is 53.0 Å². The highest BCUT2D eigenvalue weighted by atomic mass is 79.9. The molecule has 2 rings (SSSR count). The summed E-state index contributed by atoms with van der Waals surface area (Å²) in [5.74, 6) is -1.44. The number of carbonyl (C=O) groups excluding carboxylic acids is 2. The van der Waals surface area contributed by atoms with Crippen molar-refractivity contribution in [2.24, 2.45) is 0 Å². The first-order valence-corrected chi connectivity index (χ1v) is 7.67. The molecule has 0 N–H and O–H groups in total. The van der Waals surface area contributed by atoms with Gasteiger partial charge in [-0.15, -0.1) is 13.2 Å². The highest BCUT2D eigenvalue weighted by molar-refractivity contribution is 9.10. The molecule has 1 atom stereocenters. The third-order valence-corrected chi connectivity index (χ3v) is 3.79. The second-order valence-corrected chi connectivity index (χ2v) is 5.85. The summed E-state index contributed by atoms with van der Waals surface area (Å²) in [6.07, 6.45) is -4.54. The summed E-state index contributed by atoms with van der Waals surface area (Å²) in [5.41, 5.74) is 1.13. The van der Waals surface area contributed by atoms with Crippen molar-refractivity contribution in [1.29, 1.82) is 0 Å². The van der Waals surface area contributed by atoms with Crippen molar-refractivity contribution in [2.45, 2.75) is 18.7 Å². The predicted molar refractivity (Wildman–Crippen MR) is 84.8 cm³/mol. The van der Waals surface area contributed by atoms with Gasteiger partial charge in [-0.25, -0.2) is 0 Å². The van der Waals surface area contributed by atoms with E-state index in [1.165, 1.54) is 12.1 Å². The average molecular weight is 401 g/mol. The monoisotopic (exact) mass is 400 g/mol. The fourth-order valence-electron chi connectivity index (χ4n) is 2.28. The van der Waals surface area contributed by atoms with E-state index in [9.17, 15) is 22.8 Å². The molecule has 0 saturated carbocycles. The van der Waals surface area contributed by atoms with Crippen LogP contribution >= 0.6 is 15.9 Å². The summed E-state index contributed by atoms with van der Waals surface area (Å²) < 4.78 is 41.3. The van der Waals surface area contributed by atoms with Crippen LogP contribution in [0.4, 0.5) is 13.2 Å². The van der Waals surface area contributed by atoms with Crippen molar-refractivity contribution in [3.8, 4) is 5.75 Å². The molecule has 2 aromatic rings. The number of alkyl halides is 3. The number of halogens is 4. The fraction of sp³-hybridized carbons (Fsp3) is 0.176. The van der Waals surface area contributed by atoms with E-state index in [1.807, 2.05) is 0 Å². The minimum Gasteiger partial charge on any atom is -0.406 e. The van der Waals surface area contributed by atoms with Gasteiger partial charge in [0.2, 0.25) is 0 Å². The number of benzene rings is 2. The van der Waals surface area contributed by atoms with Gasteiger partial charge in [-0.05, 0) is 35.4 Å². The van der Waals surface area contributed by atoms with Gasteiger partial charge in [0.1, 0.15) is 12.0 Å². The van der Waals surface area contributed by atoms with E-state index >= 15 is 0 Å². The molecular formula is C17H12BrF3O3. The summed E-state index contributed by atoms with van der Waals surface area (Å²) in [4.78, 5) is 23.0. The van der Waals surface area contributed by atoms with Crippen molar-refractivity contribution >= 4 is 28.0 Å². The molecule has 0 aliphatic rings. The lowest BCUT2D eigenvalue weighted by Gasteiger charge is -2.17. The lowest BCUT2D eigenvalue weighted by molar-refractivity contribution is -0.274. The lowest BCUT2D eigenvalue weighted by Crippen LogP contribution is -2.17.